The van der Waals surface area contributed by atoms with E-state index in [1.54, 1.807) is 6.07 Å². The van der Waals surface area contributed by atoms with Crippen LogP contribution in [0, 0.1) is 0 Å². The zero-order chi connectivity index (χ0) is 16.5. The Morgan fingerprint density at radius 2 is 1.57 bits per heavy atom. The lowest BCUT2D eigenvalue weighted by molar-refractivity contribution is 0.468. The Hall–Kier alpha value is -1.03. The van der Waals surface area contributed by atoms with E-state index in [2.05, 4.69) is 47.6 Å². The lowest BCUT2D eigenvalue weighted by Crippen LogP contribution is -2.20. The quantitative estimate of drug-likeness (QED) is 0.774. The fourth-order valence-electron chi connectivity index (χ4n) is 2.08. The average molecular weight is 312 g/mol. The van der Waals surface area contributed by atoms with Crippen molar-refractivity contribution in [3.63, 3.8) is 0 Å². The number of rotatable bonds is 4. The largest absolute Gasteiger partial charge is 0.382 e. The highest BCUT2D eigenvalue weighted by Crippen LogP contribution is 2.36. The van der Waals surface area contributed by atoms with Crippen LogP contribution in [0.2, 0.25) is 0 Å². The summed E-state index contributed by atoms with van der Waals surface area (Å²) < 4.78 is 29.2. The molecule has 0 saturated heterocycles. The summed E-state index contributed by atoms with van der Waals surface area (Å²) in [5.41, 5.74) is 1.93. The first-order valence-electron chi connectivity index (χ1n) is 7.44. The molecule has 120 valence electrons. The van der Waals surface area contributed by atoms with Gasteiger partial charge in [0.05, 0.1) is 5.75 Å². The molecule has 4 heteroatoms. The van der Waals surface area contributed by atoms with Crippen LogP contribution in [0.5, 0.6) is 5.75 Å². The van der Waals surface area contributed by atoms with Gasteiger partial charge >= 0.3 is 10.1 Å². The van der Waals surface area contributed by atoms with Gasteiger partial charge in [-0.25, -0.2) is 0 Å². The summed E-state index contributed by atoms with van der Waals surface area (Å²) in [6, 6.07) is 5.80. The van der Waals surface area contributed by atoms with E-state index in [4.69, 9.17) is 4.18 Å². The van der Waals surface area contributed by atoms with Gasteiger partial charge in [-0.1, -0.05) is 60.6 Å². The summed E-state index contributed by atoms with van der Waals surface area (Å²) in [6.07, 6.45) is 0.549. The molecular formula is C17H28O3S. The second-order valence-electron chi connectivity index (χ2n) is 7.56. The van der Waals surface area contributed by atoms with Crippen molar-refractivity contribution in [3.05, 3.63) is 29.3 Å². The minimum absolute atomic E-state index is 0.0147. The van der Waals surface area contributed by atoms with Crippen molar-refractivity contribution in [2.75, 3.05) is 5.75 Å². The van der Waals surface area contributed by atoms with Crippen molar-refractivity contribution in [2.24, 2.45) is 0 Å². The third-order valence-electron chi connectivity index (χ3n) is 3.32. The van der Waals surface area contributed by atoms with Crippen molar-refractivity contribution in [1.29, 1.82) is 0 Å². The Morgan fingerprint density at radius 1 is 1.00 bits per heavy atom. The van der Waals surface area contributed by atoms with Crippen LogP contribution in [0.4, 0.5) is 0 Å². The van der Waals surface area contributed by atoms with E-state index < -0.39 is 10.1 Å². The van der Waals surface area contributed by atoms with Crippen LogP contribution in [0.3, 0.4) is 0 Å². The average Bonchev–Trinajstić information content (AvgIpc) is 2.25. The minimum Gasteiger partial charge on any atom is -0.382 e. The summed E-state index contributed by atoms with van der Waals surface area (Å²) in [6.45, 7) is 14.4. The SMILES string of the molecule is CCCS(=O)(=O)Oc1ccc(C(C)(C)C)cc1C(C)(C)C. The molecule has 0 aliphatic carbocycles. The molecular weight excluding hydrogens is 284 g/mol. The van der Waals surface area contributed by atoms with Crippen LogP contribution in [0.25, 0.3) is 0 Å². The molecule has 1 aromatic carbocycles. The summed E-state index contributed by atoms with van der Waals surface area (Å²) in [5, 5.41) is 0. The molecule has 0 heterocycles. The van der Waals surface area contributed by atoms with Crippen LogP contribution in [-0.2, 0) is 20.9 Å². The molecule has 1 rings (SSSR count). The highest BCUT2D eigenvalue weighted by atomic mass is 32.2. The van der Waals surface area contributed by atoms with Gasteiger partial charge in [0.15, 0.2) is 0 Å². The van der Waals surface area contributed by atoms with Crippen molar-refractivity contribution < 1.29 is 12.6 Å². The minimum atomic E-state index is -3.52. The lowest BCUT2D eigenvalue weighted by Gasteiger charge is -2.26. The van der Waals surface area contributed by atoms with Gasteiger partial charge in [-0.05, 0) is 28.9 Å². The predicted molar refractivity (Wildman–Crippen MR) is 88.5 cm³/mol. The summed E-state index contributed by atoms with van der Waals surface area (Å²) in [4.78, 5) is 0. The van der Waals surface area contributed by atoms with E-state index in [0.717, 1.165) is 5.56 Å². The maximum atomic E-state index is 11.9. The van der Waals surface area contributed by atoms with Gasteiger partial charge in [0.1, 0.15) is 5.75 Å². The maximum Gasteiger partial charge on any atom is 0.309 e. The van der Waals surface area contributed by atoms with Crippen molar-refractivity contribution in [2.45, 2.75) is 65.7 Å². The molecule has 0 aromatic heterocycles. The Kier molecular flexibility index (Phi) is 5.14. The van der Waals surface area contributed by atoms with Gasteiger partial charge in [-0.15, -0.1) is 0 Å². The Labute approximate surface area is 129 Å². The summed E-state index contributed by atoms with van der Waals surface area (Å²) >= 11 is 0. The fourth-order valence-corrected chi connectivity index (χ4v) is 3.09. The molecule has 0 amide bonds. The number of hydrogen-bond acceptors (Lipinski definition) is 3. The normalized spacial score (nSPS) is 13.3. The van der Waals surface area contributed by atoms with E-state index in [9.17, 15) is 8.42 Å². The third-order valence-corrected chi connectivity index (χ3v) is 4.67. The third kappa shape index (κ3) is 5.03. The van der Waals surface area contributed by atoms with Gasteiger partial charge in [-0.3, -0.25) is 0 Å². The number of benzene rings is 1. The van der Waals surface area contributed by atoms with Crippen molar-refractivity contribution in [3.8, 4) is 5.75 Å². The second-order valence-corrected chi connectivity index (χ2v) is 9.25. The molecule has 0 spiro atoms. The molecule has 0 unspecified atom stereocenters. The van der Waals surface area contributed by atoms with Crippen LogP contribution < -0.4 is 4.18 Å². The van der Waals surface area contributed by atoms with Gasteiger partial charge in [-0.2, -0.15) is 8.42 Å². The Bertz CT molecular complexity index is 587. The van der Waals surface area contributed by atoms with E-state index >= 15 is 0 Å². The standard InChI is InChI=1S/C17H28O3S/c1-8-11-21(18,19)20-15-10-9-13(16(2,3)4)12-14(15)17(5,6)7/h9-10,12H,8,11H2,1-7H3. The first-order valence-corrected chi connectivity index (χ1v) is 9.02. The lowest BCUT2D eigenvalue weighted by atomic mass is 9.80. The van der Waals surface area contributed by atoms with Crippen LogP contribution in [0.15, 0.2) is 18.2 Å². The number of hydrogen-bond donors (Lipinski definition) is 0. The topological polar surface area (TPSA) is 43.4 Å². The molecule has 0 saturated carbocycles. The van der Waals surface area contributed by atoms with Crippen molar-refractivity contribution >= 4 is 10.1 Å². The highest BCUT2D eigenvalue weighted by Gasteiger charge is 2.25. The molecule has 0 fully saturated rings. The van der Waals surface area contributed by atoms with Crippen LogP contribution in [-0.4, -0.2) is 14.2 Å². The van der Waals surface area contributed by atoms with E-state index in [0.29, 0.717) is 12.2 Å². The molecule has 0 aliphatic heterocycles. The van der Waals surface area contributed by atoms with Gasteiger partial charge in [0.25, 0.3) is 0 Å². The molecule has 1 aromatic rings. The zero-order valence-electron chi connectivity index (χ0n) is 14.3. The Balaban J connectivity index is 3.34. The van der Waals surface area contributed by atoms with Gasteiger partial charge in [0.2, 0.25) is 0 Å². The van der Waals surface area contributed by atoms with E-state index in [-0.39, 0.29) is 16.6 Å². The van der Waals surface area contributed by atoms with E-state index in [1.165, 1.54) is 5.56 Å². The summed E-state index contributed by atoms with van der Waals surface area (Å²) in [7, 11) is -3.52. The maximum absolute atomic E-state index is 11.9. The van der Waals surface area contributed by atoms with Crippen LogP contribution in [0.1, 0.15) is 66.0 Å². The predicted octanol–water partition coefficient (Wildman–Crippen LogP) is 4.40. The molecule has 21 heavy (non-hydrogen) atoms. The molecule has 0 N–H and O–H groups in total. The van der Waals surface area contributed by atoms with E-state index in [1.807, 2.05) is 13.0 Å². The molecule has 0 bridgehead atoms. The molecule has 0 aliphatic rings. The first-order chi connectivity index (χ1) is 9.37. The summed E-state index contributed by atoms with van der Waals surface area (Å²) in [5.74, 6) is 0.487. The zero-order valence-corrected chi connectivity index (χ0v) is 15.1. The fraction of sp³-hybridized carbons (Fsp3) is 0.647. The Morgan fingerprint density at radius 3 is 2.00 bits per heavy atom. The van der Waals surface area contributed by atoms with Gasteiger partial charge < -0.3 is 4.18 Å². The molecule has 0 radical (unpaired) electrons. The van der Waals surface area contributed by atoms with Crippen LogP contribution >= 0.6 is 0 Å². The molecule has 3 nitrogen and oxygen atoms in total. The van der Waals surface area contributed by atoms with Gasteiger partial charge in [0, 0.05) is 5.56 Å². The monoisotopic (exact) mass is 312 g/mol. The highest BCUT2D eigenvalue weighted by molar-refractivity contribution is 7.87. The first kappa shape index (κ1) is 18.0. The smallest absolute Gasteiger partial charge is 0.309 e. The van der Waals surface area contributed by atoms with Crippen molar-refractivity contribution in [1.82, 2.24) is 0 Å². The second kappa shape index (κ2) is 5.99. The molecule has 0 atom stereocenters.